The van der Waals surface area contributed by atoms with E-state index in [-0.39, 0.29) is 0 Å². The second kappa shape index (κ2) is 2.59. The Bertz CT molecular complexity index is 419. The van der Waals surface area contributed by atoms with Gasteiger partial charge in [0.1, 0.15) is 18.0 Å². The van der Waals surface area contributed by atoms with E-state index in [0.717, 1.165) is 30.9 Å². The van der Waals surface area contributed by atoms with Crippen molar-refractivity contribution >= 4 is 5.71 Å². The van der Waals surface area contributed by atoms with E-state index in [0.29, 0.717) is 5.92 Å². The zero-order chi connectivity index (χ0) is 9.71. The Labute approximate surface area is 82.5 Å². The maximum Gasteiger partial charge on any atom is 0.125 e. The summed E-state index contributed by atoms with van der Waals surface area (Å²) < 4.78 is 1.94. The van der Waals surface area contributed by atoms with Crippen LogP contribution in [0, 0.1) is 12.8 Å². The van der Waals surface area contributed by atoms with Gasteiger partial charge in [-0.25, -0.2) is 0 Å². The second-order valence-electron chi connectivity index (χ2n) is 4.04. The first kappa shape index (κ1) is 8.03. The highest BCUT2D eigenvalue weighted by atomic mass is 16.6. The predicted molar refractivity (Wildman–Crippen MR) is 52.2 cm³/mol. The van der Waals surface area contributed by atoms with Crippen molar-refractivity contribution in [3.05, 3.63) is 17.0 Å². The summed E-state index contributed by atoms with van der Waals surface area (Å²) >= 11 is 0. The van der Waals surface area contributed by atoms with Crippen molar-refractivity contribution in [3.8, 4) is 0 Å². The fourth-order valence-corrected chi connectivity index (χ4v) is 2.28. The van der Waals surface area contributed by atoms with Crippen LogP contribution in [0.3, 0.4) is 0 Å². The predicted octanol–water partition coefficient (Wildman–Crippen LogP) is 1.03. The fourth-order valence-electron chi connectivity index (χ4n) is 2.28. The Balaban J connectivity index is 2.18. The van der Waals surface area contributed by atoms with E-state index in [1.165, 1.54) is 11.3 Å². The van der Waals surface area contributed by atoms with Gasteiger partial charge in [-0.2, -0.15) is 5.10 Å². The Kier molecular flexibility index (Phi) is 1.48. The van der Waals surface area contributed by atoms with E-state index in [2.05, 4.69) is 17.2 Å². The molecule has 4 heteroatoms. The number of nitrogens with zero attached hydrogens (tertiary/aromatic N) is 3. The van der Waals surface area contributed by atoms with E-state index in [9.17, 15) is 0 Å². The van der Waals surface area contributed by atoms with E-state index in [1.54, 1.807) is 0 Å². The minimum atomic E-state index is 0.483. The van der Waals surface area contributed by atoms with Crippen molar-refractivity contribution in [2.24, 2.45) is 18.1 Å². The molecule has 1 aliphatic carbocycles. The van der Waals surface area contributed by atoms with E-state index >= 15 is 0 Å². The van der Waals surface area contributed by atoms with Gasteiger partial charge in [0.25, 0.3) is 0 Å². The first-order valence-corrected chi connectivity index (χ1v) is 5.00. The summed E-state index contributed by atoms with van der Waals surface area (Å²) in [6, 6.07) is 0. The lowest BCUT2D eigenvalue weighted by Crippen LogP contribution is -2.22. The average Bonchev–Trinajstić information content (AvgIpc) is 2.73. The maximum absolute atomic E-state index is 5.14. The highest BCUT2D eigenvalue weighted by Gasteiger charge is 2.33. The summed E-state index contributed by atoms with van der Waals surface area (Å²) in [7, 11) is 1.99. The van der Waals surface area contributed by atoms with Crippen LogP contribution in [0.2, 0.25) is 0 Å². The molecule has 74 valence electrons. The molecule has 0 fully saturated rings. The quantitative estimate of drug-likeness (QED) is 0.614. The molecule has 2 heterocycles. The molecule has 0 N–H and O–H groups in total. The average molecular weight is 191 g/mol. The molecule has 1 aromatic rings. The van der Waals surface area contributed by atoms with Gasteiger partial charge >= 0.3 is 0 Å². The van der Waals surface area contributed by atoms with Crippen molar-refractivity contribution in [2.45, 2.75) is 19.8 Å². The molecule has 0 saturated carbocycles. The molecule has 0 bridgehead atoms. The summed E-state index contributed by atoms with van der Waals surface area (Å²) in [5.41, 5.74) is 4.75. The number of oxime groups is 1. The molecule has 3 rings (SSSR count). The van der Waals surface area contributed by atoms with Crippen LogP contribution >= 0.6 is 0 Å². The van der Waals surface area contributed by atoms with Crippen LogP contribution in [0.4, 0.5) is 0 Å². The molecule has 1 aliphatic heterocycles. The summed E-state index contributed by atoms with van der Waals surface area (Å²) in [5, 5.41) is 8.59. The molecule has 0 saturated heterocycles. The third-order valence-electron chi connectivity index (χ3n) is 3.27. The molecule has 2 aliphatic rings. The van der Waals surface area contributed by atoms with Gasteiger partial charge < -0.3 is 4.84 Å². The van der Waals surface area contributed by atoms with E-state index in [4.69, 9.17) is 4.84 Å². The summed E-state index contributed by atoms with van der Waals surface area (Å²) in [6.45, 7) is 2.85. The van der Waals surface area contributed by atoms with Gasteiger partial charge in [0.2, 0.25) is 0 Å². The van der Waals surface area contributed by atoms with Gasteiger partial charge in [-0.15, -0.1) is 0 Å². The molecule has 1 unspecified atom stereocenters. The fraction of sp³-hybridized carbons (Fsp3) is 0.600. The maximum atomic E-state index is 5.14. The normalized spacial score (nSPS) is 23.9. The van der Waals surface area contributed by atoms with Crippen molar-refractivity contribution in [1.82, 2.24) is 9.78 Å². The lowest BCUT2D eigenvalue weighted by molar-refractivity contribution is 0.153. The largest absolute Gasteiger partial charge is 0.395 e. The molecule has 14 heavy (non-hydrogen) atoms. The Morgan fingerprint density at radius 3 is 3.21 bits per heavy atom. The third-order valence-corrected chi connectivity index (χ3v) is 3.27. The topological polar surface area (TPSA) is 39.4 Å². The molecule has 1 atom stereocenters. The van der Waals surface area contributed by atoms with Gasteiger partial charge in [-0.1, -0.05) is 5.16 Å². The van der Waals surface area contributed by atoms with Gasteiger partial charge in [0.15, 0.2) is 0 Å². The van der Waals surface area contributed by atoms with Crippen LogP contribution < -0.4 is 0 Å². The third kappa shape index (κ3) is 0.882. The minimum Gasteiger partial charge on any atom is -0.395 e. The smallest absolute Gasteiger partial charge is 0.125 e. The first-order valence-electron chi connectivity index (χ1n) is 5.00. The minimum absolute atomic E-state index is 0.483. The van der Waals surface area contributed by atoms with E-state index < -0.39 is 0 Å². The second-order valence-corrected chi connectivity index (χ2v) is 4.04. The number of hydrogen-bond acceptors (Lipinski definition) is 3. The van der Waals surface area contributed by atoms with Crippen molar-refractivity contribution in [2.75, 3.05) is 6.61 Å². The van der Waals surface area contributed by atoms with Gasteiger partial charge in [0, 0.05) is 24.2 Å². The van der Waals surface area contributed by atoms with Crippen LogP contribution in [0.25, 0.3) is 0 Å². The van der Waals surface area contributed by atoms with Crippen LogP contribution in [-0.2, 0) is 18.3 Å². The SMILES string of the molecule is Cc1c2c(nn1C)C1=NOCC1CC2. The number of fused-ring (bicyclic) bond motifs is 3. The monoisotopic (exact) mass is 191 g/mol. The number of hydrogen-bond donors (Lipinski definition) is 0. The molecular weight excluding hydrogens is 178 g/mol. The summed E-state index contributed by atoms with van der Waals surface area (Å²) in [5.74, 6) is 0.483. The zero-order valence-corrected chi connectivity index (χ0v) is 8.45. The zero-order valence-electron chi connectivity index (χ0n) is 8.45. The summed E-state index contributed by atoms with van der Waals surface area (Å²) in [6.07, 6.45) is 2.26. The van der Waals surface area contributed by atoms with Crippen LogP contribution in [0.5, 0.6) is 0 Å². The molecular formula is C10H13N3O. The highest BCUT2D eigenvalue weighted by molar-refractivity contribution is 6.03. The number of aryl methyl sites for hydroxylation is 1. The molecule has 0 amide bonds. The van der Waals surface area contributed by atoms with E-state index in [1.807, 2.05) is 11.7 Å². The van der Waals surface area contributed by atoms with Crippen molar-refractivity contribution < 1.29 is 4.84 Å². The summed E-state index contributed by atoms with van der Waals surface area (Å²) in [4.78, 5) is 5.14. The standard InChI is InChI=1S/C10H13N3O/c1-6-8-4-3-7-5-14-12-9(7)10(8)11-13(6)2/h7H,3-5H2,1-2H3. The lowest BCUT2D eigenvalue weighted by atomic mass is 9.86. The Hall–Kier alpha value is -1.32. The van der Waals surface area contributed by atoms with Crippen LogP contribution in [0.15, 0.2) is 5.16 Å². The molecule has 0 radical (unpaired) electrons. The van der Waals surface area contributed by atoms with Gasteiger partial charge in [-0.05, 0) is 19.8 Å². The Morgan fingerprint density at radius 2 is 2.36 bits per heavy atom. The van der Waals surface area contributed by atoms with Crippen molar-refractivity contribution in [1.29, 1.82) is 0 Å². The number of aromatic nitrogens is 2. The molecule has 0 aromatic carbocycles. The van der Waals surface area contributed by atoms with Crippen LogP contribution in [-0.4, -0.2) is 22.1 Å². The first-order chi connectivity index (χ1) is 6.77. The van der Waals surface area contributed by atoms with Crippen LogP contribution in [0.1, 0.15) is 23.4 Å². The Morgan fingerprint density at radius 1 is 1.50 bits per heavy atom. The van der Waals surface area contributed by atoms with Crippen molar-refractivity contribution in [3.63, 3.8) is 0 Å². The number of rotatable bonds is 0. The highest BCUT2D eigenvalue weighted by Crippen LogP contribution is 2.30. The van der Waals surface area contributed by atoms with Gasteiger partial charge in [-0.3, -0.25) is 4.68 Å². The van der Waals surface area contributed by atoms with Gasteiger partial charge in [0.05, 0.1) is 0 Å². The molecule has 1 aromatic heterocycles. The lowest BCUT2D eigenvalue weighted by Gasteiger charge is -2.15. The molecule has 0 spiro atoms. The molecule has 4 nitrogen and oxygen atoms in total.